The van der Waals surface area contributed by atoms with Gasteiger partial charge in [0.05, 0.1) is 20.5 Å². The van der Waals surface area contributed by atoms with E-state index in [-0.39, 0.29) is 0 Å². The first-order chi connectivity index (χ1) is 8.72. The second-order valence-electron chi connectivity index (χ2n) is 3.60. The molecule has 0 unspecified atom stereocenters. The van der Waals surface area contributed by atoms with Crippen molar-refractivity contribution in [1.29, 1.82) is 0 Å². The third kappa shape index (κ3) is 2.39. The topological polar surface area (TPSA) is 41.6 Å². The fourth-order valence-electron chi connectivity index (χ4n) is 1.55. The molecule has 1 aromatic carbocycles. The quantitative estimate of drug-likeness (QED) is 0.745. The van der Waals surface area contributed by atoms with Crippen LogP contribution < -0.4 is 0 Å². The first kappa shape index (κ1) is 12.0. The van der Waals surface area contributed by atoms with Gasteiger partial charge in [-0.1, -0.05) is 23.7 Å². The Balaban J connectivity index is 1.96. The van der Waals surface area contributed by atoms with Crippen molar-refractivity contribution >= 4 is 50.3 Å². The van der Waals surface area contributed by atoms with Crippen LogP contribution in [0.25, 0.3) is 11.0 Å². The minimum atomic E-state index is 0.607. The Morgan fingerprint density at radius 2 is 2.11 bits per heavy atom. The third-order valence-electron chi connectivity index (χ3n) is 2.34. The maximum Gasteiger partial charge on any atom is 0.172 e. The molecule has 3 aromatic rings. The van der Waals surface area contributed by atoms with Crippen molar-refractivity contribution in [2.24, 2.45) is 0 Å². The maximum absolute atomic E-state index is 5.86. The molecule has 0 fully saturated rings. The van der Waals surface area contributed by atoms with Crippen LogP contribution in [0.5, 0.6) is 0 Å². The molecule has 0 atom stereocenters. The van der Waals surface area contributed by atoms with Crippen LogP contribution in [0.15, 0.2) is 51.2 Å². The Hall–Kier alpha value is -1.04. The molecule has 0 amide bonds. The van der Waals surface area contributed by atoms with Gasteiger partial charge in [0.1, 0.15) is 5.03 Å². The average molecular weight is 341 g/mol. The number of H-pyrrole nitrogens is 1. The molecule has 0 bridgehead atoms. The van der Waals surface area contributed by atoms with Crippen molar-refractivity contribution in [2.75, 3.05) is 0 Å². The van der Waals surface area contributed by atoms with Crippen LogP contribution in [0.4, 0.5) is 0 Å². The van der Waals surface area contributed by atoms with Gasteiger partial charge in [0.15, 0.2) is 5.16 Å². The molecule has 0 aliphatic rings. The van der Waals surface area contributed by atoms with Crippen LogP contribution in [0.1, 0.15) is 0 Å². The molecule has 0 aliphatic heterocycles. The van der Waals surface area contributed by atoms with E-state index in [1.165, 1.54) is 11.8 Å². The summed E-state index contributed by atoms with van der Waals surface area (Å²) in [6.07, 6.45) is 1.62. The van der Waals surface area contributed by atoms with Crippen molar-refractivity contribution in [2.45, 2.75) is 10.2 Å². The summed E-state index contributed by atoms with van der Waals surface area (Å²) in [5.74, 6) is 0. The predicted octanol–water partition coefficient (Wildman–Crippen LogP) is 4.53. The molecule has 3 rings (SSSR count). The molecular weight excluding hydrogens is 334 g/mol. The maximum atomic E-state index is 5.86. The van der Waals surface area contributed by atoms with E-state index in [1.54, 1.807) is 6.20 Å². The molecule has 0 radical (unpaired) electrons. The Kier molecular flexibility index (Phi) is 3.28. The lowest BCUT2D eigenvalue weighted by Gasteiger charge is -2.00. The summed E-state index contributed by atoms with van der Waals surface area (Å²) in [6, 6.07) is 9.73. The van der Waals surface area contributed by atoms with Crippen molar-refractivity contribution in [3.05, 3.63) is 46.0 Å². The minimum Gasteiger partial charge on any atom is -0.333 e. The number of nitrogens with one attached hydrogen (secondary N) is 1. The number of aromatic nitrogens is 3. The second-order valence-corrected chi connectivity index (χ2v) is 5.87. The third-order valence-corrected chi connectivity index (χ3v) is 4.31. The second kappa shape index (κ2) is 4.91. The van der Waals surface area contributed by atoms with Gasteiger partial charge in [-0.25, -0.2) is 9.97 Å². The summed E-state index contributed by atoms with van der Waals surface area (Å²) in [5, 5.41) is 2.25. The first-order valence-electron chi connectivity index (χ1n) is 5.16. The predicted molar refractivity (Wildman–Crippen MR) is 77.2 cm³/mol. The van der Waals surface area contributed by atoms with Crippen LogP contribution in [0.2, 0.25) is 5.02 Å². The smallest absolute Gasteiger partial charge is 0.172 e. The molecule has 0 spiro atoms. The van der Waals surface area contributed by atoms with E-state index in [9.17, 15) is 0 Å². The lowest BCUT2D eigenvalue weighted by Crippen LogP contribution is -1.83. The van der Waals surface area contributed by atoms with Gasteiger partial charge in [-0.2, -0.15) is 0 Å². The number of fused-ring (bicyclic) bond motifs is 1. The summed E-state index contributed by atoms with van der Waals surface area (Å²) in [5.41, 5.74) is 1.97. The Morgan fingerprint density at radius 3 is 2.89 bits per heavy atom. The molecule has 1 N–H and O–H groups in total. The van der Waals surface area contributed by atoms with E-state index in [0.717, 1.165) is 25.7 Å². The fourth-order valence-corrected chi connectivity index (χ4v) is 3.18. The molecule has 2 aromatic heterocycles. The van der Waals surface area contributed by atoms with E-state index >= 15 is 0 Å². The van der Waals surface area contributed by atoms with Crippen LogP contribution in [-0.4, -0.2) is 15.0 Å². The number of halogens is 2. The zero-order chi connectivity index (χ0) is 12.5. The number of aromatic amines is 1. The molecule has 0 aliphatic carbocycles. The number of pyridine rings is 1. The zero-order valence-electron chi connectivity index (χ0n) is 9.02. The molecule has 0 saturated carbocycles. The highest BCUT2D eigenvalue weighted by molar-refractivity contribution is 9.10. The Labute approximate surface area is 121 Å². The lowest BCUT2D eigenvalue weighted by molar-refractivity contribution is 1.05. The number of nitrogens with zero attached hydrogens (tertiary/aromatic N) is 2. The molecule has 2 heterocycles. The van der Waals surface area contributed by atoms with E-state index < -0.39 is 0 Å². The average Bonchev–Trinajstić information content (AvgIpc) is 2.75. The van der Waals surface area contributed by atoms with E-state index in [1.807, 2.05) is 30.3 Å². The highest BCUT2D eigenvalue weighted by Crippen LogP contribution is 2.32. The summed E-state index contributed by atoms with van der Waals surface area (Å²) in [6.45, 7) is 0. The highest BCUT2D eigenvalue weighted by Gasteiger charge is 2.08. The fraction of sp³-hybridized carbons (Fsp3) is 0. The highest BCUT2D eigenvalue weighted by atomic mass is 79.9. The monoisotopic (exact) mass is 339 g/mol. The summed E-state index contributed by atoms with van der Waals surface area (Å²) in [4.78, 5) is 12.0. The minimum absolute atomic E-state index is 0.607. The number of hydrogen-bond donors (Lipinski definition) is 1. The van der Waals surface area contributed by atoms with Crippen LogP contribution in [0, 0.1) is 0 Å². The number of rotatable bonds is 2. The van der Waals surface area contributed by atoms with Crippen LogP contribution >= 0.6 is 39.3 Å². The van der Waals surface area contributed by atoms with Crippen molar-refractivity contribution in [1.82, 2.24) is 15.0 Å². The van der Waals surface area contributed by atoms with Gasteiger partial charge in [0, 0.05) is 6.20 Å². The Morgan fingerprint density at radius 1 is 1.28 bits per heavy atom. The SMILES string of the molecule is Clc1cnc(Sc2nc3ccccc3[nH]2)c(Br)c1. The number of para-hydroxylation sites is 2. The van der Waals surface area contributed by atoms with E-state index in [0.29, 0.717) is 5.02 Å². The molecule has 3 nitrogen and oxygen atoms in total. The van der Waals surface area contributed by atoms with Gasteiger partial charge >= 0.3 is 0 Å². The molecule has 90 valence electrons. The van der Waals surface area contributed by atoms with Gasteiger partial charge in [0.2, 0.25) is 0 Å². The van der Waals surface area contributed by atoms with Gasteiger partial charge in [0.25, 0.3) is 0 Å². The largest absolute Gasteiger partial charge is 0.333 e. The summed E-state index contributed by atoms with van der Waals surface area (Å²) < 4.78 is 0.862. The summed E-state index contributed by atoms with van der Waals surface area (Å²) in [7, 11) is 0. The Bertz CT molecular complexity index is 680. The van der Waals surface area contributed by atoms with Crippen LogP contribution in [0.3, 0.4) is 0 Å². The number of hydrogen-bond acceptors (Lipinski definition) is 3. The van der Waals surface area contributed by atoms with Crippen molar-refractivity contribution < 1.29 is 0 Å². The molecule has 6 heteroatoms. The van der Waals surface area contributed by atoms with Crippen molar-refractivity contribution in [3.8, 4) is 0 Å². The molecule has 18 heavy (non-hydrogen) atoms. The molecule has 0 saturated heterocycles. The van der Waals surface area contributed by atoms with Gasteiger partial charge in [-0.15, -0.1) is 0 Å². The number of imidazole rings is 1. The van der Waals surface area contributed by atoms with Gasteiger partial charge < -0.3 is 4.98 Å². The van der Waals surface area contributed by atoms with Crippen LogP contribution in [-0.2, 0) is 0 Å². The zero-order valence-corrected chi connectivity index (χ0v) is 12.2. The number of benzene rings is 1. The summed E-state index contributed by atoms with van der Waals surface area (Å²) >= 11 is 10.8. The van der Waals surface area contributed by atoms with Gasteiger partial charge in [-0.3, -0.25) is 0 Å². The normalized spacial score (nSPS) is 11.0. The molecular formula is C12H7BrClN3S. The first-order valence-corrected chi connectivity index (χ1v) is 7.15. The standard InChI is InChI=1S/C12H7BrClN3S/c13-8-5-7(14)6-15-11(8)18-12-16-9-3-1-2-4-10(9)17-12/h1-6H,(H,16,17). The van der Waals surface area contributed by atoms with Crippen molar-refractivity contribution in [3.63, 3.8) is 0 Å². The van der Waals surface area contributed by atoms with Gasteiger partial charge in [-0.05, 0) is 45.9 Å². The van der Waals surface area contributed by atoms with E-state index in [4.69, 9.17) is 11.6 Å². The van der Waals surface area contributed by atoms with E-state index in [2.05, 4.69) is 30.9 Å². The lowest BCUT2D eigenvalue weighted by atomic mass is 10.3.